The Morgan fingerprint density at radius 3 is 2.73 bits per heavy atom. The second kappa shape index (κ2) is 7.98. The van der Waals surface area contributed by atoms with Gasteiger partial charge in [-0.25, -0.2) is 4.68 Å². The number of hydrogen-bond donors (Lipinski definition) is 1. The normalized spacial score (nSPS) is 22.9. The number of rotatable bonds is 6. The summed E-state index contributed by atoms with van der Waals surface area (Å²) >= 11 is 0. The number of aliphatic hydroxyl groups is 1. The average Bonchev–Trinajstić information content (AvgIpc) is 3.04. The molecule has 26 heavy (non-hydrogen) atoms. The molecule has 0 spiro atoms. The molecule has 3 unspecified atom stereocenters. The van der Waals surface area contributed by atoms with Crippen LogP contribution < -0.4 is 0 Å². The quantitative estimate of drug-likeness (QED) is 0.809. The van der Waals surface area contributed by atoms with E-state index in [0.29, 0.717) is 13.2 Å². The molecule has 1 heterocycles. The van der Waals surface area contributed by atoms with Crippen LogP contribution in [0.1, 0.15) is 37.1 Å². The molecular weight excluding hydrogens is 326 g/mol. The summed E-state index contributed by atoms with van der Waals surface area (Å²) in [6.07, 6.45) is 3.94. The molecule has 1 N–H and O–H groups in total. The predicted molar refractivity (Wildman–Crippen MR) is 102 cm³/mol. The lowest BCUT2D eigenvalue weighted by Gasteiger charge is -2.34. The lowest BCUT2D eigenvalue weighted by Crippen LogP contribution is -2.39. The molecule has 0 radical (unpaired) electrons. The van der Waals surface area contributed by atoms with Crippen molar-refractivity contribution in [1.82, 2.24) is 15.0 Å². The van der Waals surface area contributed by atoms with E-state index in [0.717, 1.165) is 23.3 Å². The van der Waals surface area contributed by atoms with E-state index in [9.17, 15) is 5.11 Å². The van der Waals surface area contributed by atoms with Crippen molar-refractivity contribution in [2.24, 2.45) is 5.92 Å². The van der Waals surface area contributed by atoms with Crippen molar-refractivity contribution in [3.05, 3.63) is 71.1 Å². The smallest absolute Gasteiger partial charge is 0.108 e. The van der Waals surface area contributed by atoms with Crippen molar-refractivity contribution < 1.29 is 9.84 Å². The largest absolute Gasteiger partial charge is 0.389 e. The average molecular weight is 353 g/mol. The number of ether oxygens (including phenoxy) is 1. The van der Waals surface area contributed by atoms with Crippen LogP contribution in [0.3, 0.4) is 0 Å². The van der Waals surface area contributed by atoms with Crippen LogP contribution >= 0.6 is 0 Å². The van der Waals surface area contributed by atoms with E-state index in [1.54, 1.807) is 4.68 Å². The zero-order chi connectivity index (χ0) is 18.7. The van der Waals surface area contributed by atoms with E-state index in [2.05, 4.69) is 54.2 Å². The summed E-state index contributed by atoms with van der Waals surface area (Å²) in [6, 6.07) is 8.37. The van der Waals surface area contributed by atoms with Gasteiger partial charge in [0, 0.05) is 5.92 Å². The Hall–Kier alpha value is -2.24. The predicted octanol–water partition coefficient (Wildman–Crippen LogP) is 3.42. The fourth-order valence-corrected chi connectivity index (χ4v) is 3.31. The topological polar surface area (TPSA) is 60.2 Å². The van der Waals surface area contributed by atoms with Gasteiger partial charge in [0.15, 0.2) is 0 Å². The molecule has 0 amide bonds. The van der Waals surface area contributed by atoms with Crippen molar-refractivity contribution in [3.63, 3.8) is 0 Å². The van der Waals surface area contributed by atoms with Crippen LogP contribution in [0.2, 0.25) is 0 Å². The first-order valence-electron chi connectivity index (χ1n) is 9.00. The molecule has 5 nitrogen and oxygen atoms in total. The molecule has 1 aromatic heterocycles. The van der Waals surface area contributed by atoms with Crippen LogP contribution in [-0.2, 0) is 17.9 Å². The monoisotopic (exact) mass is 353 g/mol. The maximum absolute atomic E-state index is 10.6. The van der Waals surface area contributed by atoms with Gasteiger partial charge in [0.05, 0.1) is 25.5 Å². The summed E-state index contributed by atoms with van der Waals surface area (Å²) in [7, 11) is 0. The molecule has 2 aromatic rings. The summed E-state index contributed by atoms with van der Waals surface area (Å²) in [6.45, 7) is 11.0. The molecule has 3 atom stereocenters. The van der Waals surface area contributed by atoms with Crippen LogP contribution in [-0.4, -0.2) is 32.3 Å². The summed E-state index contributed by atoms with van der Waals surface area (Å²) in [5.74, 6) is 0.0425. The van der Waals surface area contributed by atoms with E-state index in [1.807, 2.05) is 20.0 Å². The van der Waals surface area contributed by atoms with Crippen LogP contribution in [0, 0.1) is 12.8 Å². The Bertz CT molecular complexity index is 792. The second-order valence-corrected chi connectivity index (χ2v) is 7.25. The van der Waals surface area contributed by atoms with Gasteiger partial charge in [0.1, 0.15) is 11.8 Å². The van der Waals surface area contributed by atoms with Gasteiger partial charge >= 0.3 is 0 Å². The van der Waals surface area contributed by atoms with E-state index in [1.165, 1.54) is 11.1 Å². The minimum Gasteiger partial charge on any atom is -0.389 e. The highest BCUT2D eigenvalue weighted by molar-refractivity contribution is 5.21. The van der Waals surface area contributed by atoms with Crippen molar-refractivity contribution in [1.29, 1.82) is 0 Å². The highest BCUT2D eigenvalue weighted by atomic mass is 16.5. The summed E-state index contributed by atoms with van der Waals surface area (Å²) in [5.41, 5.74) is 5.22. The van der Waals surface area contributed by atoms with Crippen molar-refractivity contribution >= 4 is 0 Å². The van der Waals surface area contributed by atoms with Gasteiger partial charge in [-0.15, -0.1) is 5.10 Å². The van der Waals surface area contributed by atoms with Crippen LogP contribution in [0.15, 0.2) is 54.3 Å². The molecule has 0 fully saturated rings. The van der Waals surface area contributed by atoms with Crippen molar-refractivity contribution in [3.8, 4) is 0 Å². The Morgan fingerprint density at radius 2 is 2.04 bits per heavy atom. The zero-order valence-electron chi connectivity index (χ0n) is 15.7. The summed E-state index contributed by atoms with van der Waals surface area (Å²) in [5, 5.41) is 19.0. The van der Waals surface area contributed by atoms with E-state index < -0.39 is 6.10 Å². The zero-order valence-corrected chi connectivity index (χ0v) is 15.7. The third-order valence-corrected chi connectivity index (χ3v) is 4.96. The summed E-state index contributed by atoms with van der Waals surface area (Å²) < 4.78 is 7.78. The third-order valence-electron chi connectivity index (χ3n) is 4.96. The highest BCUT2D eigenvalue weighted by Gasteiger charge is 2.33. The SMILES string of the molecule is C=C(C)C1CC=C(C)C(OCc2cn(Cc3ccc(C)cc3)nn2)C1O. The standard InChI is InChI=1S/C21H27N3O2/c1-14(2)19-10-7-16(4)21(20(19)25)26-13-18-12-24(23-22-18)11-17-8-5-15(3)6-9-17/h5-9,12,19-21,25H,1,10-11,13H2,2-4H3. The molecule has 0 bridgehead atoms. The van der Waals surface area contributed by atoms with Crippen molar-refractivity contribution in [2.45, 2.75) is 52.6 Å². The number of benzene rings is 1. The van der Waals surface area contributed by atoms with Gasteiger partial charge < -0.3 is 9.84 Å². The van der Waals surface area contributed by atoms with Gasteiger partial charge in [-0.05, 0) is 38.3 Å². The molecular formula is C21H27N3O2. The summed E-state index contributed by atoms with van der Waals surface area (Å²) in [4.78, 5) is 0. The first kappa shape index (κ1) is 18.5. The number of aliphatic hydroxyl groups excluding tert-OH is 1. The Balaban J connectivity index is 1.60. The second-order valence-electron chi connectivity index (χ2n) is 7.25. The molecule has 1 aliphatic rings. The van der Waals surface area contributed by atoms with Gasteiger partial charge in [-0.3, -0.25) is 0 Å². The molecule has 138 valence electrons. The maximum atomic E-state index is 10.6. The number of allylic oxidation sites excluding steroid dienone is 1. The molecule has 0 saturated carbocycles. The maximum Gasteiger partial charge on any atom is 0.108 e. The Labute approximate surface area is 155 Å². The van der Waals surface area contributed by atoms with E-state index >= 15 is 0 Å². The van der Waals surface area contributed by atoms with Gasteiger partial charge in [-0.2, -0.15) is 0 Å². The molecule has 1 aromatic carbocycles. The van der Waals surface area contributed by atoms with E-state index in [4.69, 9.17) is 4.74 Å². The van der Waals surface area contributed by atoms with Crippen molar-refractivity contribution in [2.75, 3.05) is 0 Å². The molecule has 1 aliphatic carbocycles. The van der Waals surface area contributed by atoms with Gasteiger partial charge in [0.2, 0.25) is 0 Å². The lowest BCUT2D eigenvalue weighted by atomic mass is 9.81. The van der Waals surface area contributed by atoms with Gasteiger partial charge in [-0.1, -0.05) is 53.3 Å². The Morgan fingerprint density at radius 1 is 1.31 bits per heavy atom. The Kier molecular flexibility index (Phi) is 5.69. The third kappa shape index (κ3) is 4.29. The lowest BCUT2D eigenvalue weighted by molar-refractivity contribution is -0.0493. The van der Waals surface area contributed by atoms with Crippen LogP contribution in [0.4, 0.5) is 0 Å². The number of hydrogen-bond acceptors (Lipinski definition) is 4. The molecule has 0 aliphatic heterocycles. The van der Waals surface area contributed by atoms with Crippen LogP contribution in [0.5, 0.6) is 0 Å². The fourth-order valence-electron chi connectivity index (χ4n) is 3.31. The minimum absolute atomic E-state index is 0.0425. The van der Waals surface area contributed by atoms with Gasteiger partial charge in [0.25, 0.3) is 0 Å². The number of nitrogens with zero attached hydrogens (tertiary/aromatic N) is 3. The molecule has 3 rings (SSSR count). The fraction of sp³-hybridized carbons (Fsp3) is 0.429. The highest BCUT2D eigenvalue weighted by Crippen LogP contribution is 2.31. The van der Waals surface area contributed by atoms with E-state index in [-0.39, 0.29) is 12.0 Å². The number of aromatic nitrogens is 3. The first-order chi connectivity index (χ1) is 12.4. The minimum atomic E-state index is -0.569. The molecule has 5 heteroatoms. The molecule has 0 saturated heterocycles. The first-order valence-corrected chi connectivity index (χ1v) is 9.00. The number of aryl methyl sites for hydroxylation is 1. The van der Waals surface area contributed by atoms with Crippen LogP contribution in [0.25, 0.3) is 0 Å².